The van der Waals surface area contributed by atoms with Crippen molar-refractivity contribution >= 4 is 11.8 Å². The van der Waals surface area contributed by atoms with E-state index in [9.17, 15) is 0 Å². The third-order valence-electron chi connectivity index (χ3n) is 4.06. The molecule has 0 radical (unpaired) electrons. The van der Waals surface area contributed by atoms with Crippen molar-refractivity contribution in [1.82, 2.24) is 4.90 Å². The van der Waals surface area contributed by atoms with Crippen molar-refractivity contribution in [3.63, 3.8) is 0 Å². The molecule has 0 unspecified atom stereocenters. The van der Waals surface area contributed by atoms with E-state index < -0.39 is 0 Å². The van der Waals surface area contributed by atoms with Crippen LogP contribution in [0.15, 0.2) is 60.7 Å². The summed E-state index contributed by atoms with van der Waals surface area (Å²) in [5.74, 6) is 0.980. The summed E-state index contributed by atoms with van der Waals surface area (Å²) < 4.78 is -0.0363. The minimum atomic E-state index is -0.0363. The van der Waals surface area contributed by atoms with Gasteiger partial charge >= 0.3 is 0 Å². The average molecular weight is 298 g/mol. The van der Waals surface area contributed by atoms with E-state index in [2.05, 4.69) is 72.6 Å². The topological polar surface area (TPSA) is 29.3 Å². The van der Waals surface area contributed by atoms with Crippen LogP contribution < -0.4 is 5.73 Å². The van der Waals surface area contributed by atoms with Crippen molar-refractivity contribution in [2.24, 2.45) is 5.73 Å². The van der Waals surface area contributed by atoms with Gasteiger partial charge in [0.2, 0.25) is 0 Å². The standard InChI is InChI=1S/C18H22N2S/c1-20-12-17(19)13-21-18(14-20,15-8-4-2-5-9-15)16-10-6-3-7-11-16/h2-11,17H,12-14,19H2,1H3/t17-/m1/s1. The molecule has 0 amide bonds. The van der Waals surface area contributed by atoms with E-state index in [1.54, 1.807) is 0 Å². The lowest BCUT2D eigenvalue weighted by Crippen LogP contribution is -2.39. The molecule has 1 aliphatic heterocycles. The Balaban J connectivity index is 2.11. The third-order valence-corrected chi connectivity index (χ3v) is 5.75. The summed E-state index contributed by atoms with van der Waals surface area (Å²) in [6, 6.07) is 21.9. The highest BCUT2D eigenvalue weighted by atomic mass is 32.2. The number of benzene rings is 2. The quantitative estimate of drug-likeness (QED) is 0.924. The molecule has 2 N–H and O–H groups in total. The molecule has 2 aromatic carbocycles. The summed E-state index contributed by atoms with van der Waals surface area (Å²) >= 11 is 1.98. The van der Waals surface area contributed by atoms with Gasteiger partial charge < -0.3 is 10.6 Å². The van der Waals surface area contributed by atoms with Crippen molar-refractivity contribution in [2.75, 3.05) is 25.9 Å². The second-order valence-electron chi connectivity index (χ2n) is 5.83. The zero-order valence-corrected chi connectivity index (χ0v) is 13.2. The zero-order chi connectivity index (χ0) is 14.7. The Morgan fingerprint density at radius 1 is 1.00 bits per heavy atom. The van der Waals surface area contributed by atoms with Gasteiger partial charge in [0, 0.05) is 24.9 Å². The number of nitrogens with zero attached hydrogens (tertiary/aromatic N) is 1. The number of hydrogen-bond donors (Lipinski definition) is 1. The lowest BCUT2D eigenvalue weighted by Gasteiger charge is -2.35. The molecule has 1 aliphatic rings. The van der Waals surface area contributed by atoms with Gasteiger partial charge in [-0.25, -0.2) is 0 Å². The number of thioether (sulfide) groups is 1. The van der Waals surface area contributed by atoms with Crippen LogP contribution in [0.5, 0.6) is 0 Å². The van der Waals surface area contributed by atoms with Gasteiger partial charge in [-0.05, 0) is 18.2 Å². The van der Waals surface area contributed by atoms with Crippen molar-refractivity contribution < 1.29 is 0 Å². The van der Waals surface area contributed by atoms with Gasteiger partial charge in [-0.2, -0.15) is 0 Å². The van der Waals surface area contributed by atoms with Crippen LogP contribution in [-0.4, -0.2) is 36.8 Å². The van der Waals surface area contributed by atoms with Crippen LogP contribution in [0.1, 0.15) is 11.1 Å². The van der Waals surface area contributed by atoms with Crippen LogP contribution in [0.4, 0.5) is 0 Å². The molecule has 21 heavy (non-hydrogen) atoms. The Labute approximate surface area is 131 Å². The molecule has 0 aliphatic carbocycles. The Morgan fingerprint density at radius 2 is 1.52 bits per heavy atom. The Bertz CT molecular complexity index is 531. The van der Waals surface area contributed by atoms with Gasteiger partial charge in [-0.3, -0.25) is 0 Å². The summed E-state index contributed by atoms with van der Waals surface area (Å²) in [7, 11) is 2.17. The molecule has 1 heterocycles. The average Bonchev–Trinajstić information content (AvgIpc) is 2.68. The van der Waals surface area contributed by atoms with Crippen LogP contribution in [0.2, 0.25) is 0 Å². The van der Waals surface area contributed by atoms with Gasteiger partial charge in [0.05, 0.1) is 4.75 Å². The Kier molecular flexibility index (Phi) is 4.34. The van der Waals surface area contributed by atoms with Crippen LogP contribution in [0, 0.1) is 0 Å². The molecule has 0 spiro atoms. The number of likely N-dealkylation sites (N-methyl/N-ethyl adjacent to an activating group) is 1. The molecule has 1 saturated heterocycles. The highest BCUT2D eigenvalue weighted by Gasteiger charge is 2.38. The summed E-state index contributed by atoms with van der Waals surface area (Å²) in [5, 5.41) is 0. The number of rotatable bonds is 2. The normalized spacial score (nSPS) is 22.7. The number of nitrogens with two attached hydrogens (primary N) is 1. The summed E-state index contributed by atoms with van der Waals surface area (Å²) in [4.78, 5) is 2.37. The maximum atomic E-state index is 6.24. The van der Waals surface area contributed by atoms with Crippen LogP contribution in [0.25, 0.3) is 0 Å². The van der Waals surface area contributed by atoms with Crippen molar-refractivity contribution in [3.05, 3.63) is 71.8 Å². The van der Waals surface area contributed by atoms with Crippen LogP contribution >= 0.6 is 11.8 Å². The lowest BCUT2D eigenvalue weighted by molar-refractivity contribution is 0.307. The van der Waals surface area contributed by atoms with E-state index in [1.165, 1.54) is 11.1 Å². The molecular formula is C18H22N2S. The third kappa shape index (κ3) is 3.00. The first-order valence-electron chi connectivity index (χ1n) is 7.40. The van der Waals surface area contributed by atoms with Gasteiger partial charge in [-0.1, -0.05) is 60.7 Å². The smallest absolute Gasteiger partial charge is 0.0784 e. The summed E-state index contributed by atoms with van der Waals surface area (Å²) in [6.07, 6.45) is 0. The second-order valence-corrected chi connectivity index (χ2v) is 7.15. The van der Waals surface area contributed by atoms with E-state index in [4.69, 9.17) is 5.73 Å². The predicted octanol–water partition coefficient (Wildman–Crippen LogP) is 2.94. The van der Waals surface area contributed by atoms with Crippen molar-refractivity contribution in [1.29, 1.82) is 0 Å². The molecule has 1 fully saturated rings. The van der Waals surface area contributed by atoms with E-state index in [0.29, 0.717) is 0 Å². The van der Waals surface area contributed by atoms with Gasteiger partial charge in [0.25, 0.3) is 0 Å². The fourth-order valence-corrected chi connectivity index (χ4v) is 4.64. The van der Waals surface area contributed by atoms with Crippen molar-refractivity contribution in [3.8, 4) is 0 Å². The highest BCUT2D eigenvalue weighted by Crippen LogP contribution is 2.44. The SMILES string of the molecule is CN1C[C@@H](N)CSC(c2ccccc2)(c2ccccc2)C1. The molecule has 1 atom stereocenters. The van der Waals surface area contributed by atoms with E-state index in [-0.39, 0.29) is 10.8 Å². The Hall–Kier alpha value is -1.29. The predicted molar refractivity (Wildman–Crippen MR) is 91.6 cm³/mol. The molecule has 0 bridgehead atoms. The summed E-state index contributed by atoms with van der Waals surface area (Å²) in [6.45, 7) is 1.94. The lowest BCUT2D eigenvalue weighted by atomic mass is 9.89. The molecule has 3 heteroatoms. The number of hydrogen-bond acceptors (Lipinski definition) is 3. The maximum absolute atomic E-state index is 6.24. The summed E-state index contributed by atoms with van der Waals surface area (Å²) in [5.41, 5.74) is 8.97. The Morgan fingerprint density at radius 3 is 2.05 bits per heavy atom. The largest absolute Gasteiger partial charge is 0.326 e. The van der Waals surface area contributed by atoms with Crippen LogP contribution in [0.3, 0.4) is 0 Å². The van der Waals surface area contributed by atoms with Crippen molar-refractivity contribution in [2.45, 2.75) is 10.8 Å². The molecule has 2 aromatic rings. The van der Waals surface area contributed by atoms with Gasteiger partial charge in [-0.15, -0.1) is 11.8 Å². The van der Waals surface area contributed by atoms with E-state index >= 15 is 0 Å². The zero-order valence-electron chi connectivity index (χ0n) is 12.4. The molecule has 0 saturated carbocycles. The molecule has 110 valence electrons. The van der Waals surface area contributed by atoms with Crippen LogP contribution in [-0.2, 0) is 4.75 Å². The maximum Gasteiger partial charge on any atom is 0.0784 e. The van der Waals surface area contributed by atoms with E-state index in [0.717, 1.165) is 18.8 Å². The van der Waals surface area contributed by atoms with Gasteiger partial charge in [0.15, 0.2) is 0 Å². The second kappa shape index (κ2) is 6.22. The first-order chi connectivity index (χ1) is 10.2. The first kappa shape index (κ1) is 14.6. The first-order valence-corrected chi connectivity index (χ1v) is 8.38. The van der Waals surface area contributed by atoms with Gasteiger partial charge in [0.1, 0.15) is 0 Å². The minimum absolute atomic E-state index is 0.0363. The molecule has 0 aromatic heterocycles. The monoisotopic (exact) mass is 298 g/mol. The van der Waals surface area contributed by atoms with E-state index in [1.807, 2.05) is 11.8 Å². The molecule has 3 rings (SSSR count). The molecular weight excluding hydrogens is 276 g/mol. The fourth-order valence-electron chi connectivity index (χ4n) is 3.12. The highest BCUT2D eigenvalue weighted by molar-refractivity contribution is 8.00. The molecule has 2 nitrogen and oxygen atoms in total. The minimum Gasteiger partial charge on any atom is -0.326 e. The fraction of sp³-hybridized carbons (Fsp3) is 0.333.